The summed E-state index contributed by atoms with van der Waals surface area (Å²) in [5, 5.41) is 28.5. The molecular weight excluding hydrogens is 401 g/mol. The zero-order valence-electron chi connectivity index (χ0n) is 14.6. The molecule has 2 aromatic heterocycles. The van der Waals surface area contributed by atoms with E-state index in [2.05, 4.69) is 15.2 Å². The molecule has 28 heavy (non-hydrogen) atoms. The van der Waals surface area contributed by atoms with Crippen molar-refractivity contribution in [2.75, 3.05) is 0 Å². The van der Waals surface area contributed by atoms with Gasteiger partial charge in [0.15, 0.2) is 5.69 Å². The Morgan fingerprint density at radius 2 is 2.07 bits per heavy atom. The van der Waals surface area contributed by atoms with Gasteiger partial charge < -0.3 is 5.11 Å². The number of hydrogen-bond acceptors (Lipinski definition) is 6. The van der Waals surface area contributed by atoms with Gasteiger partial charge in [0.05, 0.1) is 11.6 Å². The van der Waals surface area contributed by atoms with Crippen LogP contribution in [0.4, 0.5) is 11.4 Å². The Hall–Kier alpha value is -3.21. The number of aromatic hydroxyl groups is 1. The Labute approximate surface area is 170 Å². The summed E-state index contributed by atoms with van der Waals surface area (Å²) in [6, 6.07) is 10.0. The second-order valence-corrected chi connectivity index (χ2v) is 6.68. The van der Waals surface area contributed by atoms with Crippen LogP contribution in [0.1, 0.15) is 16.7 Å². The van der Waals surface area contributed by atoms with E-state index in [0.717, 1.165) is 4.57 Å². The van der Waals surface area contributed by atoms with Crippen molar-refractivity contribution in [3.05, 3.63) is 79.8 Å². The summed E-state index contributed by atoms with van der Waals surface area (Å²) >= 11 is 11.9. The van der Waals surface area contributed by atoms with E-state index in [-0.39, 0.29) is 28.4 Å². The first-order valence-electron chi connectivity index (χ1n) is 8.04. The molecule has 0 fully saturated rings. The number of benzene rings is 1. The van der Waals surface area contributed by atoms with Crippen LogP contribution in [0.5, 0.6) is 5.88 Å². The molecule has 0 radical (unpaired) electrons. The smallest absolute Gasteiger partial charge is 0.281 e. The fraction of sp³-hybridized carbons (Fsp3) is 0.105. The number of halogens is 2. The highest BCUT2D eigenvalue weighted by atomic mass is 35.5. The van der Waals surface area contributed by atoms with Crippen LogP contribution >= 0.6 is 23.2 Å². The normalized spacial score (nSPS) is 10.9. The Balaban J connectivity index is 2.13. The van der Waals surface area contributed by atoms with Crippen LogP contribution in [-0.2, 0) is 6.54 Å². The van der Waals surface area contributed by atoms with Gasteiger partial charge in [0, 0.05) is 23.0 Å². The molecule has 7 nitrogen and oxygen atoms in total. The molecular formula is C19H13Cl2N5O2. The van der Waals surface area contributed by atoms with Gasteiger partial charge in [-0.3, -0.25) is 14.3 Å². The van der Waals surface area contributed by atoms with Crippen LogP contribution < -0.4 is 5.56 Å². The maximum absolute atomic E-state index is 12.9. The molecule has 0 atom stereocenters. The number of azo groups is 1. The van der Waals surface area contributed by atoms with Crippen molar-refractivity contribution in [3.8, 4) is 11.9 Å². The molecule has 0 saturated carbocycles. The second kappa shape index (κ2) is 8.21. The monoisotopic (exact) mass is 413 g/mol. The molecule has 0 aliphatic heterocycles. The van der Waals surface area contributed by atoms with E-state index in [9.17, 15) is 15.2 Å². The van der Waals surface area contributed by atoms with Crippen LogP contribution in [0.2, 0.25) is 10.0 Å². The molecule has 0 aliphatic rings. The molecule has 140 valence electrons. The maximum atomic E-state index is 12.9. The first-order chi connectivity index (χ1) is 13.4. The average Bonchev–Trinajstić information content (AvgIpc) is 2.68. The Morgan fingerprint density at radius 3 is 2.71 bits per heavy atom. The highest BCUT2D eigenvalue weighted by Gasteiger charge is 2.19. The molecule has 9 heteroatoms. The van der Waals surface area contributed by atoms with Crippen LogP contribution in [0.15, 0.2) is 57.7 Å². The maximum Gasteiger partial charge on any atom is 0.281 e. The predicted octanol–water partition coefficient (Wildman–Crippen LogP) is 4.90. The van der Waals surface area contributed by atoms with Crippen LogP contribution in [-0.4, -0.2) is 14.7 Å². The van der Waals surface area contributed by atoms with Gasteiger partial charge in [-0.15, -0.1) is 10.2 Å². The summed E-state index contributed by atoms with van der Waals surface area (Å²) < 4.78 is 1.06. The van der Waals surface area contributed by atoms with Gasteiger partial charge >= 0.3 is 0 Å². The van der Waals surface area contributed by atoms with Gasteiger partial charge in [0.1, 0.15) is 17.3 Å². The average molecular weight is 414 g/mol. The summed E-state index contributed by atoms with van der Waals surface area (Å²) in [6.45, 7) is 1.55. The molecule has 0 unspecified atom stereocenters. The lowest BCUT2D eigenvalue weighted by Crippen LogP contribution is -2.22. The largest absolute Gasteiger partial charge is 0.493 e. The zero-order chi connectivity index (χ0) is 20.3. The number of rotatable bonds is 4. The Morgan fingerprint density at radius 1 is 1.29 bits per heavy atom. The molecule has 2 heterocycles. The quantitative estimate of drug-likeness (QED) is 0.613. The molecule has 3 aromatic rings. The molecule has 1 N–H and O–H groups in total. The number of nitriles is 1. The third-order valence-electron chi connectivity index (χ3n) is 4.00. The van der Waals surface area contributed by atoms with E-state index < -0.39 is 11.4 Å². The number of aromatic nitrogens is 2. The first-order valence-corrected chi connectivity index (χ1v) is 8.80. The van der Waals surface area contributed by atoms with Crippen LogP contribution in [0.25, 0.3) is 0 Å². The van der Waals surface area contributed by atoms with Crippen LogP contribution in [0.3, 0.4) is 0 Å². The van der Waals surface area contributed by atoms with Gasteiger partial charge in [-0.25, -0.2) is 0 Å². The van der Waals surface area contributed by atoms with Gasteiger partial charge in [-0.05, 0) is 36.8 Å². The molecule has 0 bridgehead atoms. The molecule has 0 aliphatic carbocycles. The standard InChI is InChI=1S/C19H13Cl2N5O2/c1-11-14(8-22)18(27)26(10-12-3-2-6-23-9-12)19(28)17(11)25-24-16-5-4-13(20)7-15(16)21/h2-7,9,27H,10H2,1H3. The topological polar surface area (TPSA) is 104 Å². The zero-order valence-corrected chi connectivity index (χ0v) is 16.1. The van der Waals surface area contributed by atoms with Gasteiger partial charge in [0.25, 0.3) is 5.56 Å². The van der Waals surface area contributed by atoms with Crippen molar-refractivity contribution in [2.24, 2.45) is 10.2 Å². The molecule has 0 spiro atoms. The van der Waals surface area contributed by atoms with E-state index in [1.54, 1.807) is 36.7 Å². The highest BCUT2D eigenvalue weighted by molar-refractivity contribution is 6.36. The SMILES string of the molecule is Cc1c(C#N)c(O)n(Cc2cccnc2)c(=O)c1N=Nc1ccc(Cl)cc1Cl. The van der Waals surface area contributed by atoms with Crippen LogP contribution in [0, 0.1) is 18.3 Å². The van der Waals surface area contributed by atoms with Crippen molar-refractivity contribution in [2.45, 2.75) is 13.5 Å². The fourth-order valence-electron chi connectivity index (χ4n) is 2.54. The Bertz CT molecular complexity index is 1170. The third kappa shape index (κ3) is 3.88. The van der Waals surface area contributed by atoms with Gasteiger partial charge in [-0.1, -0.05) is 29.3 Å². The number of pyridine rings is 2. The number of nitrogens with zero attached hydrogens (tertiary/aromatic N) is 5. The lowest BCUT2D eigenvalue weighted by Gasteiger charge is -2.13. The van der Waals surface area contributed by atoms with E-state index in [4.69, 9.17) is 23.2 Å². The summed E-state index contributed by atoms with van der Waals surface area (Å²) in [5.74, 6) is -0.433. The van der Waals surface area contributed by atoms with Gasteiger partial charge in [-0.2, -0.15) is 5.26 Å². The predicted molar refractivity (Wildman–Crippen MR) is 106 cm³/mol. The summed E-state index contributed by atoms with van der Waals surface area (Å²) in [6.07, 6.45) is 3.16. The van der Waals surface area contributed by atoms with Gasteiger partial charge in [0.2, 0.25) is 5.88 Å². The highest BCUT2D eigenvalue weighted by Crippen LogP contribution is 2.31. The summed E-state index contributed by atoms with van der Waals surface area (Å²) in [5.41, 5.74) is 0.503. The van der Waals surface area contributed by atoms with Crippen molar-refractivity contribution >= 4 is 34.6 Å². The van der Waals surface area contributed by atoms with E-state index in [1.807, 2.05) is 6.07 Å². The summed E-state index contributed by atoms with van der Waals surface area (Å²) in [4.78, 5) is 16.9. The minimum Gasteiger partial charge on any atom is -0.493 e. The second-order valence-electron chi connectivity index (χ2n) is 5.83. The first kappa shape index (κ1) is 19.5. The van der Waals surface area contributed by atoms with E-state index in [1.165, 1.54) is 13.0 Å². The minimum absolute atomic E-state index is 0.0255. The molecule has 1 aromatic carbocycles. The van der Waals surface area contributed by atoms with Crippen molar-refractivity contribution in [1.82, 2.24) is 9.55 Å². The lowest BCUT2D eigenvalue weighted by atomic mass is 10.1. The van der Waals surface area contributed by atoms with E-state index in [0.29, 0.717) is 16.3 Å². The van der Waals surface area contributed by atoms with Crippen molar-refractivity contribution in [1.29, 1.82) is 5.26 Å². The minimum atomic E-state index is -0.591. The number of hydrogen-bond donors (Lipinski definition) is 1. The Kier molecular flexibility index (Phi) is 5.73. The molecule has 3 rings (SSSR count). The van der Waals surface area contributed by atoms with Crippen molar-refractivity contribution < 1.29 is 5.11 Å². The lowest BCUT2D eigenvalue weighted by molar-refractivity contribution is 0.412. The molecule has 0 saturated heterocycles. The van der Waals surface area contributed by atoms with Crippen molar-refractivity contribution in [3.63, 3.8) is 0 Å². The third-order valence-corrected chi connectivity index (χ3v) is 4.54. The fourth-order valence-corrected chi connectivity index (χ4v) is 2.99. The summed E-state index contributed by atoms with van der Waals surface area (Å²) in [7, 11) is 0. The molecule has 0 amide bonds. The van der Waals surface area contributed by atoms with E-state index >= 15 is 0 Å².